The highest BCUT2D eigenvalue weighted by atomic mass is 35.5. The third kappa shape index (κ3) is 1.86. The Balaban J connectivity index is 2.17. The fourth-order valence-corrected chi connectivity index (χ4v) is 2.44. The zero-order valence-corrected chi connectivity index (χ0v) is 10.7. The van der Waals surface area contributed by atoms with Crippen molar-refractivity contribution in [1.82, 2.24) is 23.7 Å². The van der Waals surface area contributed by atoms with Gasteiger partial charge in [-0.2, -0.15) is 8.75 Å². The predicted octanol–water partition coefficient (Wildman–Crippen LogP) is 1.46. The molecule has 1 aromatic carbocycles. The summed E-state index contributed by atoms with van der Waals surface area (Å²) in [4.78, 5) is 0. The molecular formula is C10H8ClN5OS. The normalized spacial score (nSPS) is 11.2. The molecule has 0 fully saturated rings. The van der Waals surface area contributed by atoms with E-state index in [1.165, 1.54) is 0 Å². The molecule has 1 N–H and O–H groups in total. The first-order chi connectivity index (χ1) is 8.79. The van der Waals surface area contributed by atoms with E-state index in [1.54, 1.807) is 16.9 Å². The quantitative estimate of drug-likeness (QED) is 0.786. The minimum atomic E-state index is 0.0366. The van der Waals surface area contributed by atoms with Gasteiger partial charge in [0.2, 0.25) is 0 Å². The Morgan fingerprint density at radius 2 is 2.22 bits per heavy atom. The fraction of sp³-hybridized carbons (Fsp3) is 0.200. The maximum Gasteiger partial charge on any atom is 0.132 e. The highest BCUT2D eigenvalue weighted by Gasteiger charge is 2.13. The summed E-state index contributed by atoms with van der Waals surface area (Å²) in [6.07, 6.45) is 2.19. The first-order valence-electron chi connectivity index (χ1n) is 5.23. The van der Waals surface area contributed by atoms with Crippen LogP contribution < -0.4 is 0 Å². The second-order valence-corrected chi connectivity index (χ2v) is 4.59. The highest BCUT2D eigenvalue weighted by Crippen LogP contribution is 2.27. The maximum atomic E-state index is 8.87. The largest absolute Gasteiger partial charge is 0.396 e. The van der Waals surface area contributed by atoms with E-state index in [0.29, 0.717) is 28.3 Å². The summed E-state index contributed by atoms with van der Waals surface area (Å²) < 4.78 is 9.95. The van der Waals surface area contributed by atoms with Crippen molar-refractivity contribution in [3.63, 3.8) is 0 Å². The van der Waals surface area contributed by atoms with Crippen LogP contribution in [0.4, 0.5) is 0 Å². The number of benzene rings is 1. The topological polar surface area (TPSA) is 76.7 Å². The average molecular weight is 282 g/mol. The van der Waals surface area contributed by atoms with Gasteiger partial charge in [0, 0.05) is 13.0 Å². The van der Waals surface area contributed by atoms with Gasteiger partial charge in [-0.3, -0.25) is 0 Å². The van der Waals surface area contributed by atoms with Crippen molar-refractivity contribution in [3.05, 3.63) is 29.0 Å². The number of aromatic nitrogens is 5. The molecule has 0 bridgehead atoms. The van der Waals surface area contributed by atoms with E-state index in [1.807, 2.05) is 6.07 Å². The van der Waals surface area contributed by atoms with Crippen LogP contribution in [0.15, 0.2) is 18.3 Å². The molecule has 0 aliphatic carbocycles. The Morgan fingerprint density at radius 1 is 1.33 bits per heavy atom. The lowest BCUT2D eigenvalue weighted by Gasteiger charge is -2.02. The van der Waals surface area contributed by atoms with Gasteiger partial charge >= 0.3 is 0 Å². The van der Waals surface area contributed by atoms with Crippen LogP contribution in [0.3, 0.4) is 0 Å². The lowest BCUT2D eigenvalue weighted by atomic mass is 10.2. The summed E-state index contributed by atoms with van der Waals surface area (Å²) in [7, 11) is 0. The SMILES string of the molecule is OCCc1cn(-c2c(Cl)ccc3nsnc23)nn1. The van der Waals surface area contributed by atoms with Crippen LogP contribution in [0.5, 0.6) is 0 Å². The molecule has 0 aliphatic heterocycles. The molecule has 0 atom stereocenters. The predicted molar refractivity (Wildman–Crippen MR) is 68.1 cm³/mol. The van der Waals surface area contributed by atoms with Gasteiger partial charge in [0.05, 0.1) is 28.6 Å². The van der Waals surface area contributed by atoms with E-state index in [0.717, 1.165) is 17.2 Å². The lowest BCUT2D eigenvalue weighted by Crippen LogP contribution is -1.97. The molecule has 0 unspecified atom stereocenters. The van der Waals surface area contributed by atoms with Crippen LogP contribution in [-0.2, 0) is 6.42 Å². The minimum absolute atomic E-state index is 0.0366. The molecule has 0 saturated heterocycles. The van der Waals surface area contributed by atoms with Crippen LogP contribution in [0, 0.1) is 0 Å². The van der Waals surface area contributed by atoms with E-state index < -0.39 is 0 Å². The Labute approximate surface area is 111 Å². The van der Waals surface area contributed by atoms with Crippen LogP contribution in [0.25, 0.3) is 16.7 Å². The molecular weight excluding hydrogens is 274 g/mol. The van der Waals surface area contributed by atoms with Crippen molar-refractivity contribution in [2.75, 3.05) is 6.61 Å². The van der Waals surface area contributed by atoms with Crippen molar-refractivity contribution in [2.45, 2.75) is 6.42 Å². The van der Waals surface area contributed by atoms with Crippen molar-refractivity contribution in [1.29, 1.82) is 0 Å². The van der Waals surface area contributed by atoms with Crippen LogP contribution in [-0.4, -0.2) is 35.5 Å². The number of rotatable bonds is 3. The number of fused-ring (bicyclic) bond motifs is 1. The molecule has 2 aromatic heterocycles. The molecule has 0 spiro atoms. The van der Waals surface area contributed by atoms with Crippen LogP contribution in [0.1, 0.15) is 5.69 Å². The molecule has 8 heteroatoms. The number of aliphatic hydroxyl groups excluding tert-OH is 1. The van der Waals surface area contributed by atoms with Gasteiger partial charge in [0.25, 0.3) is 0 Å². The van der Waals surface area contributed by atoms with Crippen molar-refractivity contribution < 1.29 is 5.11 Å². The summed E-state index contributed by atoms with van der Waals surface area (Å²) in [6, 6.07) is 3.57. The number of aliphatic hydroxyl groups is 1. The molecule has 18 heavy (non-hydrogen) atoms. The fourth-order valence-electron chi connectivity index (χ4n) is 1.67. The van der Waals surface area contributed by atoms with Crippen molar-refractivity contribution in [2.24, 2.45) is 0 Å². The van der Waals surface area contributed by atoms with E-state index in [4.69, 9.17) is 16.7 Å². The molecule has 0 aliphatic rings. The van der Waals surface area contributed by atoms with Gasteiger partial charge in [-0.25, -0.2) is 4.68 Å². The zero-order valence-electron chi connectivity index (χ0n) is 9.12. The summed E-state index contributed by atoms with van der Waals surface area (Å²) in [5.41, 5.74) is 2.85. The van der Waals surface area contributed by atoms with Crippen molar-refractivity contribution >= 4 is 34.4 Å². The highest BCUT2D eigenvalue weighted by molar-refractivity contribution is 7.00. The number of hydrogen-bond donors (Lipinski definition) is 1. The van der Waals surface area contributed by atoms with Crippen LogP contribution >= 0.6 is 23.3 Å². The average Bonchev–Trinajstić information content (AvgIpc) is 2.98. The van der Waals surface area contributed by atoms with E-state index in [-0.39, 0.29) is 6.61 Å². The third-order valence-corrected chi connectivity index (χ3v) is 3.34. The standard InChI is InChI=1S/C10H8ClN5OS/c11-7-1-2-8-9(14-18-13-8)10(7)16-5-6(3-4-17)12-15-16/h1-2,5,17H,3-4H2. The van der Waals surface area contributed by atoms with E-state index in [9.17, 15) is 0 Å². The molecule has 6 nitrogen and oxygen atoms in total. The Morgan fingerprint density at radius 3 is 3.06 bits per heavy atom. The summed E-state index contributed by atoms with van der Waals surface area (Å²) in [6.45, 7) is 0.0366. The Bertz CT molecular complexity index is 694. The smallest absolute Gasteiger partial charge is 0.132 e. The second kappa shape index (κ2) is 4.60. The molecule has 0 radical (unpaired) electrons. The molecule has 0 saturated carbocycles. The second-order valence-electron chi connectivity index (χ2n) is 3.66. The number of halogens is 1. The molecule has 0 amide bonds. The zero-order chi connectivity index (χ0) is 12.5. The minimum Gasteiger partial charge on any atom is -0.396 e. The molecule has 3 rings (SSSR count). The molecule has 2 heterocycles. The van der Waals surface area contributed by atoms with Gasteiger partial charge < -0.3 is 5.11 Å². The van der Waals surface area contributed by atoms with Crippen molar-refractivity contribution in [3.8, 4) is 5.69 Å². The Kier molecular flexibility index (Phi) is 2.94. The maximum absolute atomic E-state index is 8.87. The summed E-state index contributed by atoms with van der Waals surface area (Å²) in [5.74, 6) is 0. The van der Waals surface area contributed by atoms with Gasteiger partial charge in [0.15, 0.2) is 0 Å². The monoisotopic (exact) mass is 281 g/mol. The molecule has 3 aromatic rings. The van der Waals surface area contributed by atoms with Gasteiger partial charge in [-0.1, -0.05) is 16.8 Å². The summed E-state index contributed by atoms with van der Waals surface area (Å²) in [5, 5.41) is 17.4. The molecule has 92 valence electrons. The summed E-state index contributed by atoms with van der Waals surface area (Å²) >= 11 is 7.31. The van der Waals surface area contributed by atoms with E-state index in [2.05, 4.69) is 19.1 Å². The lowest BCUT2D eigenvalue weighted by molar-refractivity contribution is 0.298. The van der Waals surface area contributed by atoms with Crippen LogP contribution in [0.2, 0.25) is 5.02 Å². The third-order valence-electron chi connectivity index (χ3n) is 2.49. The number of nitrogens with zero attached hydrogens (tertiary/aromatic N) is 5. The number of hydrogen-bond acceptors (Lipinski definition) is 6. The van der Waals surface area contributed by atoms with Gasteiger partial charge in [-0.05, 0) is 12.1 Å². The Hall–Kier alpha value is -1.57. The first-order valence-corrected chi connectivity index (χ1v) is 6.33. The van der Waals surface area contributed by atoms with Gasteiger partial charge in [0.1, 0.15) is 16.7 Å². The first kappa shape index (κ1) is 11.5. The van der Waals surface area contributed by atoms with Gasteiger partial charge in [-0.15, -0.1) is 5.10 Å². The van der Waals surface area contributed by atoms with E-state index >= 15 is 0 Å².